The Bertz CT molecular complexity index is 445. The molecule has 2 unspecified atom stereocenters. The van der Waals surface area contributed by atoms with Gasteiger partial charge in [0, 0.05) is 18.6 Å². The molecular formula is C13H24N2O3S. The number of hydrogen-bond acceptors (Lipinski definition) is 4. The van der Waals surface area contributed by atoms with E-state index in [1.165, 1.54) is 0 Å². The van der Waals surface area contributed by atoms with Crippen LogP contribution in [0, 0.1) is 5.92 Å². The molecule has 19 heavy (non-hydrogen) atoms. The number of rotatable bonds is 1. The Morgan fingerprint density at radius 1 is 1.21 bits per heavy atom. The molecule has 1 aliphatic heterocycles. The normalized spacial score (nSPS) is 35.7. The quantitative estimate of drug-likeness (QED) is 0.763. The number of amides is 1. The van der Waals surface area contributed by atoms with Crippen molar-refractivity contribution in [2.75, 3.05) is 24.6 Å². The van der Waals surface area contributed by atoms with Crippen molar-refractivity contribution in [2.24, 2.45) is 11.7 Å². The first kappa shape index (κ1) is 14.8. The van der Waals surface area contributed by atoms with Gasteiger partial charge >= 0.3 is 0 Å². The van der Waals surface area contributed by atoms with Crippen LogP contribution in [0.1, 0.15) is 39.0 Å². The zero-order valence-corrected chi connectivity index (χ0v) is 12.4. The monoisotopic (exact) mass is 288 g/mol. The van der Waals surface area contributed by atoms with Crippen LogP contribution in [-0.2, 0) is 14.6 Å². The largest absolute Gasteiger partial charge is 0.341 e. The summed E-state index contributed by atoms with van der Waals surface area (Å²) in [4.78, 5) is 14.3. The van der Waals surface area contributed by atoms with E-state index in [2.05, 4.69) is 0 Å². The maximum atomic E-state index is 12.6. The van der Waals surface area contributed by atoms with E-state index < -0.39 is 15.4 Å². The van der Waals surface area contributed by atoms with Crippen molar-refractivity contribution < 1.29 is 13.2 Å². The van der Waals surface area contributed by atoms with Gasteiger partial charge in [0.05, 0.1) is 17.4 Å². The Morgan fingerprint density at radius 2 is 1.95 bits per heavy atom. The van der Waals surface area contributed by atoms with E-state index in [0.717, 1.165) is 25.7 Å². The van der Waals surface area contributed by atoms with E-state index in [4.69, 9.17) is 5.73 Å². The van der Waals surface area contributed by atoms with Crippen molar-refractivity contribution in [1.29, 1.82) is 0 Å². The SMILES string of the molecule is CC1(N)CCCCC1C(=O)N1CCCS(=O)(=O)CC1. The molecule has 5 nitrogen and oxygen atoms in total. The minimum absolute atomic E-state index is 0.0572. The third-order valence-electron chi connectivity index (χ3n) is 4.42. The summed E-state index contributed by atoms with van der Waals surface area (Å²) >= 11 is 0. The number of carbonyl (C=O) groups is 1. The smallest absolute Gasteiger partial charge is 0.227 e. The number of carbonyl (C=O) groups excluding carboxylic acids is 1. The van der Waals surface area contributed by atoms with E-state index in [9.17, 15) is 13.2 Å². The summed E-state index contributed by atoms with van der Waals surface area (Å²) in [7, 11) is -2.97. The first-order valence-corrected chi connectivity index (χ1v) is 8.92. The van der Waals surface area contributed by atoms with Crippen molar-refractivity contribution in [3.63, 3.8) is 0 Å². The molecule has 6 heteroatoms. The predicted molar refractivity (Wildman–Crippen MR) is 74.4 cm³/mol. The molecule has 2 fully saturated rings. The van der Waals surface area contributed by atoms with Crippen LogP contribution in [0.15, 0.2) is 0 Å². The lowest BCUT2D eigenvalue weighted by Gasteiger charge is -2.39. The third-order valence-corrected chi connectivity index (χ3v) is 6.13. The zero-order chi connectivity index (χ0) is 14.1. The maximum Gasteiger partial charge on any atom is 0.227 e. The van der Waals surface area contributed by atoms with Crippen LogP contribution in [0.25, 0.3) is 0 Å². The fraction of sp³-hybridized carbons (Fsp3) is 0.923. The van der Waals surface area contributed by atoms with Crippen LogP contribution >= 0.6 is 0 Å². The fourth-order valence-corrected chi connectivity index (χ4v) is 4.41. The minimum atomic E-state index is -2.97. The molecule has 2 N–H and O–H groups in total. The molecule has 1 amide bonds. The second-order valence-corrected chi connectivity index (χ2v) is 8.44. The van der Waals surface area contributed by atoms with Gasteiger partial charge in [0.2, 0.25) is 5.91 Å². The standard InChI is InChI=1S/C13H24N2O3S/c1-13(14)6-3-2-5-11(13)12(16)15-7-4-9-19(17,18)10-8-15/h11H,2-10,14H2,1H3. The minimum Gasteiger partial charge on any atom is -0.341 e. The molecule has 0 aromatic heterocycles. The fourth-order valence-electron chi connectivity index (χ4n) is 3.14. The van der Waals surface area contributed by atoms with Gasteiger partial charge in [-0.3, -0.25) is 4.79 Å². The highest BCUT2D eigenvalue weighted by Crippen LogP contribution is 2.33. The van der Waals surface area contributed by atoms with E-state index in [0.29, 0.717) is 19.5 Å². The molecule has 0 radical (unpaired) electrons. The van der Waals surface area contributed by atoms with Crippen molar-refractivity contribution in [3.05, 3.63) is 0 Å². The third kappa shape index (κ3) is 3.48. The van der Waals surface area contributed by atoms with Crippen LogP contribution in [0.2, 0.25) is 0 Å². The second kappa shape index (κ2) is 5.40. The molecular weight excluding hydrogens is 264 g/mol. The Hall–Kier alpha value is -0.620. The summed E-state index contributed by atoms with van der Waals surface area (Å²) in [5, 5.41) is 0. The van der Waals surface area contributed by atoms with E-state index in [-0.39, 0.29) is 23.3 Å². The van der Waals surface area contributed by atoms with Crippen molar-refractivity contribution >= 4 is 15.7 Å². The molecule has 1 saturated heterocycles. The Kier molecular flexibility index (Phi) is 4.20. The Morgan fingerprint density at radius 3 is 2.63 bits per heavy atom. The van der Waals surface area contributed by atoms with E-state index in [1.807, 2.05) is 6.92 Å². The molecule has 0 spiro atoms. The molecule has 1 saturated carbocycles. The summed E-state index contributed by atoms with van der Waals surface area (Å²) in [6.07, 6.45) is 4.35. The van der Waals surface area contributed by atoms with E-state index in [1.54, 1.807) is 4.90 Å². The van der Waals surface area contributed by atoms with Gasteiger partial charge in [0.15, 0.2) is 9.84 Å². The molecule has 0 aromatic rings. The summed E-state index contributed by atoms with van der Waals surface area (Å²) in [5.41, 5.74) is 5.81. The summed E-state index contributed by atoms with van der Waals surface area (Å²) in [5.74, 6) is 0.192. The maximum absolute atomic E-state index is 12.6. The highest BCUT2D eigenvalue weighted by Gasteiger charge is 2.40. The molecule has 0 bridgehead atoms. The van der Waals surface area contributed by atoms with E-state index >= 15 is 0 Å². The highest BCUT2D eigenvalue weighted by atomic mass is 32.2. The van der Waals surface area contributed by atoms with Crippen molar-refractivity contribution in [3.8, 4) is 0 Å². The molecule has 1 heterocycles. The topological polar surface area (TPSA) is 80.5 Å². The Labute approximate surface area is 115 Å². The van der Waals surface area contributed by atoms with Gasteiger partial charge < -0.3 is 10.6 Å². The number of sulfone groups is 1. The van der Waals surface area contributed by atoms with Gasteiger partial charge in [-0.05, 0) is 26.2 Å². The average Bonchev–Trinajstić information content (AvgIpc) is 2.49. The van der Waals surface area contributed by atoms with Crippen LogP contribution in [0.3, 0.4) is 0 Å². The molecule has 110 valence electrons. The van der Waals surface area contributed by atoms with Gasteiger partial charge in [-0.25, -0.2) is 8.42 Å². The molecule has 2 aliphatic rings. The highest BCUT2D eigenvalue weighted by molar-refractivity contribution is 7.91. The summed E-state index contributed by atoms with van der Waals surface area (Å²) in [6.45, 7) is 2.82. The molecule has 1 aliphatic carbocycles. The Balaban J connectivity index is 2.06. The summed E-state index contributed by atoms with van der Waals surface area (Å²) < 4.78 is 23.2. The number of nitrogens with zero attached hydrogens (tertiary/aromatic N) is 1. The van der Waals surface area contributed by atoms with Crippen molar-refractivity contribution in [2.45, 2.75) is 44.6 Å². The van der Waals surface area contributed by atoms with Crippen LogP contribution in [-0.4, -0.2) is 49.4 Å². The predicted octanol–water partition coefficient (Wildman–Crippen LogP) is 0.541. The van der Waals surface area contributed by atoms with Gasteiger partial charge in [0.1, 0.15) is 0 Å². The lowest BCUT2D eigenvalue weighted by atomic mass is 9.74. The average molecular weight is 288 g/mol. The first-order chi connectivity index (χ1) is 8.82. The number of nitrogens with two attached hydrogens (primary N) is 1. The van der Waals surface area contributed by atoms with Gasteiger partial charge in [-0.15, -0.1) is 0 Å². The first-order valence-electron chi connectivity index (χ1n) is 7.10. The zero-order valence-electron chi connectivity index (χ0n) is 11.6. The van der Waals surface area contributed by atoms with Gasteiger partial charge in [-0.1, -0.05) is 12.8 Å². The summed E-state index contributed by atoms with van der Waals surface area (Å²) in [6, 6.07) is 0. The molecule has 2 rings (SSSR count). The second-order valence-electron chi connectivity index (χ2n) is 6.13. The van der Waals surface area contributed by atoms with Crippen molar-refractivity contribution in [1.82, 2.24) is 4.90 Å². The van der Waals surface area contributed by atoms with Crippen LogP contribution < -0.4 is 5.73 Å². The van der Waals surface area contributed by atoms with Gasteiger partial charge in [-0.2, -0.15) is 0 Å². The molecule has 2 atom stereocenters. The van der Waals surface area contributed by atoms with Crippen LogP contribution in [0.4, 0.5) is 0 Å². The van der Waals surface area contributed by atoms with Crippen LogP contribution in [0.5, 0.6) is 0 Å². The molecule has 0 aromatic carbocycles. The lowest BCUT2D eigenvalue weighted by molar-refractivity contribution is -0.138. The number of hydrogen-bond donors (Lipinski definition) is 1. The van der Waals surface area contributed by atoms with Gasteiger partial charge in [0.25, 0.3) is 0 Å². The lowest BCUT2D eigenvalue weighted by Crippen LogP contribution is -2.54.